The lowest BCUT2D eigenvalue weighted by Crippen LogP contribution is -2.43. The van der Waals surface area contributed by atoms with Crippen molar-refractivity contribution in [2.24, 2.45) is 0 Å². The van der Waals surface area contributed by atoms with Gasteiger partial charge in [-0.2, -0.15) is 0 Å². The Morgan fingerprint density at radius 1 is 1.09 bits per heavy atom. The second-order valence-electron chi connectivity index (χ2n) is 8.30. The molecule has 2 aromatic carbocycles. The number of fused-ring (bicyclic) bond motifs is 1. The van der Waals surface area contributed by atoms with Crippen molar-refractivity contribution in [1.29, 1.82) is 0 Å². The summed E-state index contributed by atoms with van der Waals surface area (Å²) in [5.41, 5.74) is 2.17. The van der Waals surface area contributed by atoms with E-state index in [4.69, 9.17) is 18.6 Å². The van der Waals surface area contributed by atoms with Gasteiger partial charge < -0.3 is 33.7 Å². The lowest BCUT2D eigenvalue weighted by Gasteiger charge is -2.38. The van der Waals surface area contributed by atoms with E-state index in [1.54, 1.807) is 41.4 Å². The van der Waals surface area contributed by atoms with E-state index in [0.717, 1.165) is 11.3 Å². The molecule has 182 valence electrons. The van der Waals surface area contributed by atoms with Gasteiger partial charge in [0.2, 0.25) is 0 Å². The number of morpholine rings is 1. The number of hydrogen-bond donors (Lipinski definition) is 1. The number of rotatable bonds is 7. The first kappa shape index (κ1) is 22.8. The molecule has 2 aliphatic heterocycles. The molecule has 3 heterocycles. The number of benzene rings is 2. The standard InChI is InChI=1S/C26H27N3O6/c1-32-23-15-18(8-9-22(23)35-17-24(30)28-10-13-33-14-11-28)25-27-21-7-3-2-6-20(21)26(31)29(25)16-19-5-4-12-34-19/h2-9,12,15,25,27H,10-11,13-14,16-17H2,1H3/t25-/m1/s1. The van der Waals surface area contributed by atoms with Gasteiger partial charge in [-0.1, -0.05) is 18.2 Å². The van der Waals surface area contributed by atoms with Crippen LogP contribution < -0.4 is 14.8 Å². The van der Waals surface area contributed by atoms with Crippen LogP contribution in [0, 0.1) is 0 Å². The van der Waals surface area contributed by atoms with Crippen LogP contribution in [0.3, 0.4) is 0 Å². The monoisotopic (exact) mass is 477 g/mol. The zero-order valence-corrected chi connectivity index (χ0v) is 19.4. The second kappa shape index (κ2) is 10.1. The highest BCUT2D eigenvalue weighted by Crippen LogP contribution is 2.37. The lowest BCUT2D eigenvalue weighted by atomic mass is 10.0. The normalized spacial score (nSPS) is 17.5. The number of nitrogens with one attached hydrogen (secondary N) is 1. The highest BCUT2D eigenvalue weighted by molar-refractivity contribution is 6.01. The molecule has 1 saturated heterocycles. The summed E-state index contributed by atoms with van der Waals surface area (Å²) < 4.78 is 22.2. The van der Waals surface area contributed by atoms with Gasteiger partial charge >= 0.3 is 0 Å². The van der Waals surface area contributed by atoms with Crippen molar-refractivity contribution >= 4 is 17.5 Å². The van der Waals surface area contributed by atoms with Crippen molar-refractivity contribution in [3.8, 4) is 11.5 Å². The van der Waals surface area contributed by atoms with Crippen LogP contribution in [0.5, 0.6) is 11.5 Å². The maximum absolute atomic E-state index is 13.4. The van der Waals surface area contributed by atoms with E-state index in [1.165, 1.54) is 0 Å². The number of amides is 2. The number of anilines is 1. The molecule has 0 bridgehead atoms. The molecule has 1 N–H and O–H groups in total. The van der Waals surface area contributed by atoms with Crippen LogP contribution in [-0.2, 0) is 16.1 Å². The zero-order valence-electron chi connectivity index (χ0n) is 19.4. The van der Waals surface area contributed by atoms with E-state index in [0.29, 0.717) is 55.7 Å². The van der Waals surface area contributed by atoms with Gasteiger partial charge in [-0.25, -0.2) is 0 Å². The molecular weight excluding hydrogens is 450 g/mol. The molecule has 0 radical (unpaired) electrons. The quantitative estimate of drug-likeness (QED) is 0.558. The summed E-state index contributed by atoms with van der Waals surface area (Å²) in [6, 6.07) is 16.5. The molecule has 0 saturated carbocycles. The highest BCUT2D eigenvalue weighted by Gasteiger charge is 2.34. The van der Waals surface area contributed by atoms with Crippen molar-refractivity contribution < 1.29 is 28.2 Å². The lowest BCUT2D eigenvalue weighted by molar-refractivity contribution is -0.137. The Hall–Kier alpha value is -3.98. The Morgan fingerprint density at radius 3 is 2.69 bits per heavy atom. The SMILES string of the molecule is COc1cc([C@@H]2Nc3ccccc3C(=O)N2Cc2ccco2)ccc1OCC(=O)N1CCOCC1. The fourth-order valence-corrected chi connectivity index (χ4v) is 4.31. The van der Waals surface area contributed by atoms with Gasteiger partial charge in [-0.3, -0.25) is 9.59 Å². The Balaban J connectivity index is 1.38. The topological polar surface area (TPSA) is 93.5 Å². The zero-order chi connectivity index (χ0) is 24.2. The fraction of sp³-hybridized carbons (Fsp3) is 0.308. The summed E-state index contributed by atoms with van der Waals surface area (Å²) in [6.45, 7) is 2.41. The van der Waals surface area contributed by atoms with E-state index in [-0.39, 0.29) is 18.4 Å². The number of furan rings is 1. The molecule has 0 spiro atoms. The maximum Gasteiger partial charge on any atom is 0.260 e. The summed E-state index contributed by atoms with van der Waals surface area (Å²) >= 11 is 0. The van der Waals surface area contributed by atoms with E-state index in [9.17, 15) is 9.59 Å². The number of methoxy groups -OCH3 is 1. The number of carbonyl (C=O) groups is 2. The molecule has 1 fully saturated rings. The number of carbonyl (C=O) groups excluding carboxylic acids is 2. The number of nitrogens with zero attached hydrogens (tertiary/aromatic N) is 2. The fourth-order valence-electron chi connectivity index (χ4n) is 4.31. The Kier molecular flexibility index (Phi) is 6.58. The molecule has 9 heteroatoms. The summed E-state index contributed by atoms with van der Waals surface area (Å²) in [7, 11) is 1.55. The van der Waals surface area contributed by atoms with Crippen molar-refractivity contribution in [3.05, 3.63) is 77.7 Å². The van der Waals surface area contributed by atoms with E-state index >= 15 is 0 Å². The first-order valence-corrected chi connectivity index (χ1v) is 11.5. The smallest absolute Gasteiger partial charge is 0.260 e. The van der Waals surface area contributed by atoms with Crippen LogP contribution in [0.1, 0.15) is 27.8 Å². The third-order valence-electron chi connectivity index (χ3n) is 6.15. The highest BCUT2D eigenvalue weighted by atomic mass is 16.5. The average Bonchev–Trinajstić information content (AvgIpc) is 3.42. The molecular formula is C26H27N3O6. The Morgan fingerprint density at radius 2 is 1.91 bits per heavy atom. The Labute approximate surface area is 203 Å². The van der Waals surface area contributed by atoms with Crippen LogP contribution >= 0.6 is 0 Å². The van der Waals surface area contributed by atoms with Gasteiger partial charge in [0.1, 0.15) is 11.9 Å². The summed E-state index contributed by atoms with van der Waals surface area (Å²) in [6.07, 6.45) is 1.13. The molecule has 35 heavy (non-hydrogen) atoms. The molecule has 2 amide bonds. The van der Waals surface area contributed by atoms with E-state index in [2.05, 4.69) is 5.32 Å². The van der Waals surface area contributed by atoms with Crippen molar-refractivity contribution in [2.75, 3.05) is 45.3 Å². The predicted octanol–water partition coefficient (Wildman–Crippen LogP) is 3.29. The molecule has 5 rings (SSSR count). The third-order valence-corrected chi connectivity index (χ3v) is 6.15. The van der Waals surface area contributed by atoms with Crippen LogP contribution in [0.25, 0.3) is 0 Å². The van der Waals surface area contributed by atoms with Crippen molar-refractivity contribution in [1.82, 2.24) is 9.80 Å². The van der Waals surface area contributed by atoms with Crippen LogP contribution in [0.4, 0.5) is 5.69 Å². The molecule has 9 nitrogen and oxygen atoms in total. The largest absolute Gasteiger partial charge is 0.493 e. The molecule has 0 unspecified atom stereocenters. The Bertz CT molecular complexity index is 1190. The van der Waals surface area contributed by atoms with E-state index < -0.39 is 6.17 Å². The molecule has 0 aliphatic carbocycles. The van der Waals surface area contributed by atoms with Crippen LogP contribution in [-0.4, -0.2) is 61.6 Å². The second-order valence-corrected chi connectivity index (χ2v) is 8.30. The maximum atomic E-state index is 13.4. The first-order chi connectivity index (χ1) is 17.1. The van der Waals surface area contributed by atoms with E-state index in [1.807, 2.05) is 36.4 Å². The van der Waals surface area contributed by atoms with Gasteiger partial charge in [0, 0.05) is 18.8 Å². The minimum absolute atomic E-state index is 0.0894. The van der Waals surface area contributed by atoms with Gasteiger partial charge in [0.05, 0.1) is 38.7 Å². The van der Waals surface area contributed by atoms with Gasteiger partial charge in [-0.05, 0) is 42.0 Å². The van der Waals surface area contributed by atoms with Crippen molar-refractivity contribution in [3.63, 3.8) is 0 Å². The number of para-hydroxylation sites is 1. The summed E-state index contributed by atoms with van der Waals surface area (Å²) in [5, 5.41) is 3.46. The molecule has 1 aromatic heterocycles. The molecule has 3 aromatic rings. The third kappa shape index (κ3) is 4.81. The first-order valence-electron chi connectivity index (χ1n) is 11.5. The molecule has 1 atom stereocenters. The predicted molar refractivity (Wildman–Crippen MR) is 127 cm³/mol. The number of hydrogen-bond acceptors (Lipinski definition) is 7. The molecule has 2 aliphatic rings. The number of ether oxygens (including phenoxy) is 3. The van der Waals surface area contributed by atoms with Crippen LogP contribution in [0.15, 0.2) is 65.3 Å². The minimum atomic E-state index is -0.458. The van der Waals surface area contributed by atoms with Gasteiger partial charge in [0.25, 0.3) is 11.8 Å². The summed E-state index contributed by atoms with van der Waals surface area (Å²) in [5.74, 6) is 1.41. The summed E-state index contributed by atoms with van der Waals surface area (Å²) in [4.78, 5) is 29.3. The van der Waals surface area contributed by atoms with Crippen LogP contribution in [0.2, 0.25) is 0 Å². The van der Waals surface area contributed by atoms with Gasteiger partial charge in [-0.15, -0.1) is 0 Å². The average molecular weight is 478 g/mol. The minimum Gasteiger partial charge on any atom is -0.493 e. The van der Waals surface area contributed by atoms with Gasteiger partial charge in [0.15, 0.2) is 18.1 Å². The van der Waals surface area contributed by atoms with Crippen molar-refractivity contribution in [2.45, 2.75) is 12.7 Å².